The van der Waals surface area contributed by atoms with E-state index in [-0.39, 0.29) is 0 Å². The minimum atomic E-state index is -0.734. The molecule has 1 unspecified atom stereocenters. The molecule has 4 aromatic rings. The second-order valence-corrected chi connectivity index (χ2v) is 11.3. The highest BCUT2D eigenvalue weighted by Crippen LogP contribution is 2.38. The second kappa shape index (κ2) is 11.2. The monoisotopic (exact) mass is 526 g/mol. The van der Waals surface area contributed by atoms with Crippen LogP contribution in [0.25, 0.3) is 11.1 Å². The van der Waals surface area contributed by atoms with Crippen molar-refractivity contribution >= 4 is 0 Å². The average molecular weight is 527 g/mol. The summed E-state index contributed by atoms with van der Waals surface area (Å²) in [5, 5.41) is 24.4. The maximum Gasteiger partial charge on any atom is 0.175 e. The number of aryl methyl sites for hydroxylation is 3. The van der Waals surface area contributed by atoms with E-state index in [1.165, 1.54) is 44.5 Å². The van der Waals surface area contributed by atoms with Gasteiger partial charge in [-0.05, 0) is 122 Å². The van der Waals surface area contributed by atoms with Gasteiger partial charge in [-0.15, -0.1) is 10.2 Å². The predicted molar refractivity (Wildman–Crippen MR) is 152 cm³/mol. The van der Waals surface area contributed by atoms with Crippen molar-refractivity contribution in [3.63, 3.8) is 0 Å². The second-order valence-electron chi connectivity index (χ2n) is 11.3. The van der Waals surface area contributed by atoms with E-state index in [0.29, 0.717) is 25.6 Å². The fourth-order valence-corrected chi connectivity index (χ4v) is 5.60. The van der Waals surface area contributed by atoms with Gasteiger partial charge in [-0.2, -0.15) is 5.21 Å². The van der Waals surface area contributed by atoms with E-state index in [2.05, 4.69) is 89.9 Å². The molecular formula is C32H38N4O3. The van der Waals surface area contributed by atoms with Crippen LogP contribution in [0.4, 0.5) is 0 Å². The van der Waals surface area contributed by atoms with Crippen LogP contribution < -0.4 is 9.47 Å². The summed E-state index contributed by atoms with van der Waals surface area (Å²) in [5.41, 5.74) is 9.16. The molecule has 2 N–H and O–H groups in total. The molecule has 1 aromatic heterocycles. The lowest BCUT2D eigenvalue weighted by Gasteiger charge is -2.19. The summed E-state index contributed by atoms with van der Waals surface area (Å²) in [4.78, 5) is 0. The van der Waals surface area contributed by atoms with Gasteiger partial charge in [-0.1, -0.05) is 29.5 Å². The van der Waals surface area contributed by atoms with Crippen molar-refractivity contribution in [1.29, 1.82) is 0 Å². The van der Waals surface area contributed by atoms with E-state index in [4.69, 9.17) is 9.47 Å². The van der Waals surface area contributed by atoms with Crippen LogP contribution in [0.3, 0.4) is 0 Å². The van der Waals surface area contributed by atoms with Crippen molar-refractivity contribution in [3.8, 4) is 22.6 Å². The Morgan fingerprint density at radius 3 is 2.51 bits per heavy atom. The Labute approximate surface area is 230 Å². The largest absolute Gasteiger partial charge is 0.493 e. The molecule has 0 fully saturated rings. The summed E-state index contributed by atoms with van der Waals surface area (Å²) in [6.07, 6.45) is 3.53. The third-order valence-corrected chi connectivity index (χ3v) is 7.73. The van der Waals surface area contributed by atoms with Gasteiger partial charge in [0.05, 0.1) is 12.2 Å². The molecule has 7 heteroatoms. The lowest BCUT2D eigenvalue weighted by molar-refractivity contribution is 0.0553. The number of nitrogens with one attached hydrogen (secondary N) is 1. The number of hydrogen-bond donors (Lipinski definition) is 2. The maximum atomic E-state index is 9.97. The predicted octanol–water partition coefficient (Wildman–Crippen LogP) is 6.18. The molecule has 1 aliphatic carbocycles. The number of fused-ring (bicyclic) bond motifs is 1. The van der Waals surface area contributed by atoms with Gasteiger partial charge in [0.25, 0.3) is 0 Å². The first-order valence-corrected chi connectivity index (χ1v) is 13.7. The van der Waals surface area contributed by atoms with Gasteiger partial charge in [-0.25, -0.2) is 0 Å². The standard InChI is InChI=1S/C32H38N4O3/c1-20-15-27(38-14-13-32(4,5)37)16-21(2)31(20)28-8-6-7-25(22(28)3)19-39-26-11-12-29-23(17-26)9-10-24(29)18-30-33-35-36-34-30/h6-8,11-12,15-17,24,37H,9-10,13-14,18-19H2,1-5H3,(H,33,34,35,36). The van der Waals surface area contributed by atoms with Gasteiger partial charge in [0.2, 0.25) is 0 Å². The topological polar surface area (TPSA) is 93.1 Å². The molecule has 0 radical (unpaired) electrons. The van der Waals surface area contributed by atoms with E-state index >= 15 is 0 Å². The molecule has 0 aliphatic heterocycles. The van der Waals surface area contributed by atoms with Crippen molar-refractivity contribution in [3.05, 3.63) is 87.7 Å². The van der Waals surface area contributed by atoms with Crippen molar-refractivity contribution < 1.29 is 14.6 Å². The van der Waals surface area contributed by atoms with Crippen LogP contribution >= 0.6 is 0 Å². The highest BCUT2D eigenvalue weighted by Gasteiger charge is 2.24. The van der Waals surface area contributed by atoms with Crippen LogP contribution in [0.1, 0.15) is 71.8 Å². The number of ether oxygens (including phenoxy) is 2. The van der Waals surface area contributed by atoms with Gasteiger partial charge in [0.15, 0.2) is 5.82 Å². The van der Waals surface area contributed by atoms with E-state index in [0.717, 1.165) is 36.6 Å². The molecule has 1 heterocycles. The number of aromatic nitrogens is 4. The SMILES string of the molecule is Cc1cc(OCCC(C)(C)O)cc(C)c1-c1cccc(COc2ccc3c(c2)CCC3Cc2nn[nH]n2)c1C. The van der Waals surface area contributed by atoms with E-state index in [1.54, 1.807) is 13.8 Å². The molecule has 1 aliphatic rings. The Morgan fingerprint density at radius 2 is 1.79 bits per heavy atom. The summed E-state index contributed by atoms with van der Waals surface area (Å²) in [6, 6.07) is 17.1. The Morgan fingerprint density at radius 1 is 1.00 bits per heavy atom. The van der Waals surface area contributed by atoms with Crippen LogP contribution in [-0.4, -0.2) is 37.9 Å². The first kappa shape index (κ1) is 26.9. The Hall–Kier alpha value is -3.71. The third-order valence-electron chi connectivity index (χ3n) is 7.73. The fraction of sp³-hybridized carbons (Fsp3) is 0.406. The average Bonchev–Trinajstić information content (AvgIpc) is 3.53. The Bertz CT molecular complexity index is 1420. The molecule has 0 bridgehead atoms. The summed E-state index contributed by atoms with van der Waals surface area (Å²) in [6.45, 7) is 11.0. The highest BCUT2D eigenvalue weighted by atomic mass is 16.5. The molecule has 0 spiro atoms. The van der Waals surface area contributed by atoms with Gasteiger partial charge in [0, 0.05) is 12.8 Å². The number of benzene rings is 3. The van der Waals surface area contributed by atoms with E-state index in [9.17, 15) is 5.11 Å². The maximum absolute atomic E-state index is 9.97. The van der Waals surface area contributed by atoms with Gasteiger partial charge < -0.3 is 14.6 Å². The van der Waals surface area contributed by atoms with Crippen molar-refractivity contribution in [2.75, 3.05) is 6.61 Å². The first-order valence-electron chi connectivity index (χ1n) is 13.7. The molecule has 1 atom stereocenters. The van der Waals surface area contributed by atoms with Gasteiger partial charge in [-0.3, -0.25) is 0 Å². The number of rotatable bonds is 10. The molecule has 0 saturated heterocycles. The van der Waals surface area contributed by atoms with Crippen LogP contribution in [0.2, 0.25) is 0 Å². The first-order chi connectivity index (χ1) is 18.7. The molecule has 0 saturated carbocycles. The lowest BCUT2D eigenvalue weighted by atomic mass is 9.90. The minimum absolute atomic E-state index is 0.426. The summed E-state index contributed by atoms with van der Waals surface area (Å²) >= 11 is 0. The number of aliphatic hydroxyl groups is 1. The zero-order valence-corrected chi connectivity index (χ0v) is 23.5. The van der Waals surface area contributed by atoms with Crippen molar-refractivity contribution in [1.82, 2.24) is 20.6 Å². The number of hydrogen-bond acceptors (Lipinski definition) is 6. The number of tetrazole rings is 1. The number of nitrogens with zero attached hydrogens (tertiary/aromatic N) is 3. The Kier molecular flexibility index (Phi) is 7.71. The Balaban J connectivity index is 1.28. The quantitative estimate of drug-likeness (QED) is 0.256. The van der Waals surface area contributed by atoms with Crippen LogP contribution in [-0.2, 0) is 19.4 Å². The molecule has 204 valence electrons. The summed E-state index contributed by atoms with van der Waals surface area (Å²) in [7, 11) is 0. The molecule has 5 rings (SSSR count). The third kappa shape index (κ3) is 6.31. The van der Waals surface area contributed by atoms with E-state index < -0.39 is 5.60 Å². The van der Waals surface area contributed by atoms with Crippen molar-refractivity contribution in [2.24, 2.45) is 0 Å². The van der Waals surface area contributed by atoms with Crippen LogP contribution in [0.5, 0.6) is 11.5 Å². The zero-order chi connectivity index (χ0) is 27.6. The van der Waals surface area contributed by atoms with Gasteiger partial charge >= 0.3 is 0 Å². The number of H-pyrrole nitrogens is 1. The van der Waals surface area contributed by atoms with E-state index in [1.807, 2.05) is 0 Å². The van der Waals surface area contributed by atoms with Gasteiger partial charge in [0.1, 0.15) is 18.1 Å². The molecule has 3 aromatic carbocycles. The minimum Gasteiger partial charge on any atom is -0.493 e. The molecule has 7 nitrogen and oxygen atoms in total. The van der Waals surface area contributed by atoms with Crippen LogP contribution in [0.15, 0.2) is 48.5 Å². The highest BCUT2D eigenvalue weighted by molar-refractivity contribution is 5.75. The molecule has 39 heavy (non-hydrogen) atoms. The molecule has 0 amide bonds. The smallest absolute Gasteiger partial charge is 0.175 e. The summed E-state index contributed by atoms with van der Waals surface area (Å²) in [5.74, 6) is 2.93. The molecular weight excluding hydrogens is 488 g/mol. The zero-order valence-electron chi connectivity index (χ0n) is 23.5. The van der Waals surface area contributed by atoms with Crippen LogP contribution in [0, 0.1) is 20.8 Å². The summed E-state index contributed by atoms with van der Waals surface area (Å²) < 4.78 is 12.3. The normalized spacial score (nSPS) is 14.9. The number of aromatic amines is 1. The fourth-order valence-electron chi connectivity index (χ4n) is 5.60. The van der Waals surface area contributed by atoms with Crippen molar-refractivity contribution in [2.45, 2.75) is 78.4 Å². The lowest BCUT2D eigenvalue weighted by Crippen LogP contribution is -2.21.